The molecule has 1 aromatic carbocycles. The quantitative estimate of drug-likeness (QED) is 0.811. The number of aliphatic carboxylic acids is 1. The van der Waals surface area contributed by atoms with Crippen LogP contribution in [0, 0.1) is 0 Å². The summed E-state index contributed by atoms with van der Waals surface area (Å²) in [5.41, 5.74) is 1.03. The van der Waals surface area contributed by atoms with Crippen LogP contribution in [0.4, 0.5) is 0 Å². The summed E-state index contributed by atoms with van der Waals surface area (Å²) in [5, 5.41) is 8.68. The predicted octanol–water partition coefficient (Wildman–Crippen LogP) is 1.52. The van der Waals surface area contributed by atoms with Crippen molar-refractivity contribution in [3.63, 3.8) is 0 Å². The fourth-order valence-electron chi connectivity index (χ4n) is 1.54. The van der Waals surface area contributed by atoms with Gasteiger partial charge >= 0.3 is 5.97 Å². The molecule has 5 heteroatoms. The van der Waals surface area contributed by atoms with Crippen molar-refractivity contribution in [2.24, 2.45) is 0 Å². The minimum absolute atomic E-state index is 0.209. The van der Waals surface area contributed by atoms with Crippen molar-refractivity contribution < 1.29 is 19.4 Å². The molecule has 1 rings (SSSR count). The zero-order valence-electron chi connectivity index (χ0n) is 11.2. The molecule has 19 heavy (non-hydrogen) atoms. The molecule has 5 nitrogen and oxygen atoms in total. The second-order valence-corrected chi connectivity index (χ2v) is 4.18. The molecule has 1 amide bonds. The molecule has 0 radical (unpaired) electrons. The van der Waals surface area contributed by atoms with Gasteiger partial charge in [-0.15, -0.1) is 0 Å². The van der Waals surface area contributed by atoms with E-state index >= 15 is 0 Å². The van der Waals surface area contributed by atoms with E-state index in [0.29, 0.717) is 13.1 Å². The molecule has 0 aliphatic heterocycles. The predicted molar refractivity (Wildman–Crippen MR) is 70.6 cm³/mol. The second-order valence-electron chi connectivity index (χ2n) is 4.18. The number of carboxylic acid groups (broad SMARTS) is 1. The first kappa shape index (κ1) is 15.2. The minimum Gasteiger partial charge on any atom is -0.479 e. The number of likely N-dealkylation sites (N-methyl/N-ethyl adjacent to an activating group) is 1. The molecule has 1 aromatic rings. The summed E-state index contributed by atoms with van der Waals surface area (Å²) in [4.78, 5) is 24.1. The lowest BCUT2D eigenvalue weighted by Crippen LogP contribution is -2.35. The Balaban J connectivity index is 2.50. The molecular weight excluding hydrogens is 246 g/mol. The van der Waals surface area contributed by atoms with Crippen molar-refractivity contribution in [3.8, 4) is 0 Å². The number of ether oxygens (including phenoxy) is 1. The number of carbonyl (C=O) groups is 2. The summed E-state index contributed by atoms with van der Waals surface area (Å²) in [6, 6.07) is 9.62. The van der Waals surface area contributed by atoms with Crippen molar-refractivity contribution >= 4 is 11.9 Å². The third kappa shape index (κ3) is 5.09. The van der Waals surface area contributed by atoms with Gasteiger partial charge in [0.15, 0.2) is 6.10 Å². The van der Waals surface area contributed by atoms with Crippen LogP contribution in [0.15, 0.2) is 30.3 Å². The van der Waals surface area contributed by atoms with Gasteiger partial charge in [-0.05, 0) is 19.4 Å². The van der Waals surface area contributed by atoms with E-state index in [2.05, 4.69) is 0 Å². The maximum Gasteiger partial charge on any atom is 0.332 e. The summed E-state index contributed by atoms with van der Waals surface area (Å²) in [7, 11) is 0. The lowest BCUT2D eigenvalue weighted by molar-refractivity contribution is -0.153. The Morgan fingerprint density at radius 3 is 2.47 bits per heavy atom. The maximum absolute atomic E-state index is 11.9. The van der Waals surface area contributed by atoms with Gasteiger partial charge in [0, 0.05) is 13.1 Å². The van der Waals surface area contributed by atoms with Gasteiger partial charge in [-0.25, -0.2) is 4.79 Å². The highest BCUT2D eigenvalue weighted by molar-refractivity contribution is 5.78. The van der Waals surface area contributed by atoms with Crippen LogP contribution in [0.3, 0.4) is 0 Å². The SMILES string of the molecule is CCN(Cc1ccccc1)C(=O)COC(C)C(=O)O. The van der Waals surface area contributed by atoms with Gasteiger partial charge < -0.3 is 14.7 Å². The van der Waals surface area contributed by atoms with Crippen LogP contribution in [0.2, 0.25) is 0 Å². The first-order valence-corrected chi connectivity index (χ1v) is 6.20. The van der Waals surface area contributed by atoms with E-state index < -0.39 is 12.1 Å². The molecule has 1 N–H and O–H groups in total. The van der Waals surface area contributed by atoms with Crippen LogP contribution < -0.4 is 0 Å². The summed E-state index contributed by atoms with van der Waals surface area (Å²) in [5.74, 6) is -1.28. The Bertz CT molecular complexity index is 419. The fraction of sp³-hybridized carbons (Fsp3) is 0.429. The van der Waals surface area contributed by atoms with Crippen LogP contribution in [0.1, 0.15) is 19.4 Å². The van der Waals surface area contributed by atoms with Gasteiger partial charge in [0.05, 0.1) is 0 Å². The zero-order valence-corrected chi connectivity index (χ0v) is 11.2. The maximum atomic E-state index is 11.9. The first-order chi connectivity index (χ1) is 9.04. The van der Waals surface area contributed by atoms with Gasteiger partial charge in [-0.1, -0.05) is 30.3 Å². The van der Waals surface area contributed by atoms with E-state index in [1.807, 2.05) is 37.3 Å². The van der Waals surface area contributed by atoms with Crippen molar-refractivity contribution in [1.82, 2.24) is 4.90 Å². The summed E-state index contributed by atoms with van der Waals surface area (Å²) in [6.45, 7) is 4.12. The summed E-state index contributed by atoms with van der Waals surface area (Å²) in [6.07, 6.45) is -0.973. The second kappa shape index (κ2) is 7.53. The van der Waals surface area contributed by atoms with Gasteiger partial charge in [0.25, 0.3) is 0 Å². The van der Waals surface area contributed by atoms with E-state index in [0.717, 1.165) is 5.56 Å². The van der Waals surface area contributed by atoms with E-state index in [4.69, 9.17) is 9.84 Å². The largest absolute Gasteiger partial charge is 0.479 e. The van der Waals surface area contributed by atoms with E-state index in [9.17, 15) is 9.59 Å². The van der Waals surface area contributed by atoms with Gasteiger partial charge in [-0.2, -0.15) is 0 Å². The number of rotatable bonds is 7. The third-order valence-electron chi connectivity index (χ3n) is 2.76. The van der Waals surface area contributed by atoms with Crippen LogP contribution in [0.5, 0.6) is 0 Å². The Labute approximate surface area is 112 Å². The Morgan fingerprint density at radius 2 is 1.95 bits per heavy atom. The molecule has 0 aliphatic rings. The highest BCUT2D eigenvalue weighted by atomic mass is 16.5. The molecule has 0 fully saturated rings. The molecule has 104 valence electrons. The number of amides is 1. The lowest BCUT2D eigenvalue weighted by Gasteiger charge is -2.21. The fourth-order valence-corrected chi connectivity index (χ4v) is 1.54. The average molecular weight is 265 g/mol. The molecule has 0 saturated heterocycles. The van der Waals surface area contributed by atoms with Crippen molar-refractivity contribution in [3.05, 3.63) is 35.9 Å². The number of benzene rings is 1. The Morgan fingerprint density at radius 1 is 1.32 bits per heavy atom. The standard InChI is InChI=1S/C14H19NO4/c1-3-15(9-12-7-5-4-6-8-12)13(16)10-19-11(2)14(17)18/h4-8,11H,3,9-10H2,1-2H3,(H,17,18). The van der Waals surface area contributed by atoms with E-state index in [1.165, 1.54) is 6.92 Å². The molecule has 0 bridgehead atoms. The van der Waals surface area contributed by atoms with E-state index in [-0.39, 0.29) is 12.5 Å². The molecule has 0 heterocycles. The Hall–Kier alpha value is -1.88. The monoisotopic (exact) mass is 265 g/mol. The number of hydrogen-bond acceptors (Lipinski definition) is 3. The molecule has 0 spiro atoms. The van der Waals surface area contributed by atoms with Gasteiger partial charge in [-0.3, -0.25) is 4.79 Å². The Kier molecular flexibility index (Phi) is 6.02. The van der Waals surface area contributed by atoms with Crippen molar-refractivity contribution in [2.45, 2.75) is 26.5 Å². The van der Waals surface area contributed by atoms with Crippen LogP contribution >= 0.6 is 0 Å². The molecular formula is C14H19NO4. The van der Waals surface area contributed by atoms with Crippen LogP contribution in [0.25, 0.3) is 0 Å². The first-order valence-electron chi connectivity index (χ1n) is 6.20. The number of carboxylic acids is 1. The number of hydrogen-bond donors (Lipinski definition) is 1. The van der Waals surface area contributed by atoms with E-state index in [1.54, 1.807) is 4.90 Å². The zero-order chi connectivity index (χ0) is 14.3. The minimum atomic E-state index is -1.07. The molecule has 0 aliphatic carbocycles. The summed E-state index contributed by atoms with van der Waals surface area (Å²) < 4.78 is 4.99. The van der Waals surface area contributed by atoms with Gasteiger partial charge in [0.2, 0.25) is 5.91 Å². The number of nitrogens with zero attached hydrogens (tertiary/aromatic N) is 1. The molecule has 1 atom stereocenters. The smallest absolute Gasteiger partial charge is 0.332 e. The average Bonchev–Trinajstić information content (AvgIpc) is 2.42. The number of carbonyl (C=O) groups excluding carboxylic acids is 1. The van der Waals surface area contributed by atoms with Crippen LogP contribution in [-0.4, -0.2) is 41.1 Å². The summed E-state index contributed by atoms with van der Waals surface area (Å²) >= 11 is 0. The molecule has 0 saturated carbocycles. The van der Waals surface area contributed by atoms with Crippen molar-refractivity contribution in [1.29, 1.82) is 0 Å². The lowest BCUT2D eigenvalue weighted by atomic mass is 10.2. The third-order valence-corrected chi connectivity index (χ3v) is 2.76. The molecule has 1 unspecified atom stereocenters. The highest BCUT2D eigenvalue weighted by Gasteiger charge is 2.17. The highest BCUT2D eigenvalue weighted by Crippen LogP contribution is 2.05. The topological polar surface area (TPSA) is 66.8 Å². The normalized spacial score (nSPS) is 11.9. The van der Waals surface area contributed by atoms with Crippen molar-refractivity contribution in [2.75, 3.05) is 13.2 Å². The molecule has 0 aromatic heterocycles. The van der Waals surface area contributed by atoms with Gasteiger partial charge in [0.1, 0.15) is 6.61 Å². The van der Waals surface area contributed by atoms with Crippen LogP contribution in [-0.2, 0) is 20.9 Å².